The third kappa shape index (κ3) is 1.91. The van der Waals surface area contributed by atoms with Crippen LogP contribution < -0.4 is 4.74 Å². The topological polar surface area (TPSA) is 37.9 Å². The fourth-order valence-corrected chi connectivity index (χ4v) is 2.80. The predicted octanol–water partition coefficient (Wildman–Crippen LogP) is 4.20. The Kier molecular flexibility index (Phi) is 2.83. The van der Waals surface area contributed by atoms with E-state index in [1.807, 2.05) is 11.4 Å². The molecule has 2 heterocycles. The van der Waals surface area contributed by atoms with Crippen molar-refractivity contribution >= 4 is 38.3 Å². The van der Waals surface area contributed by atoms with Gasteiger partial charge in [0, 0.05) is 17.5 Å². The minimum atomic E-state index is -0.304. The van der Waals surface area contributed by atoms with Crippen LogP contribution in [0.15, 0.2) is 28.1 Å². The summed E-state index contributed by atoms with van der Waals surface area (Å²) in [5, 5.41) is 1.90. The first-order valence-electron chi connectivity index (χ1n) is 5.15. The lowest BCUT2D eigenvalue weighted by molar-refractivity contribution is 0.417. The highest BCUT2D eigenvalue weighted by molar-refractivity contribution is 9.10. The first-order chi connectivity index (χ1) is 8.67. The van der Waals surface area contributed by atoms with Gasteiger partial charge in [-0.25, -0.2) is 9.37 Å². The summed E-state index contributed by atoms with van der Waals surface area (Å²) in [5.74, 6) is 1.21. The number of imidazole rings is 1. The van der Waals surface area contributed by atoms with E-state index in [-0.39, 0.29) is 5.82 Å². The van der Waals surface area contributed by atoms with Crippen LogP contribution in [0.25, 0.3) is 21.7 Å². The molecule has 1 N–H and O–H groups in total. The van der Waals surface area contributed by atoms with E-state index in [0.29, 0.717) is 9.99 Å². The second-order valence-electron chi connectivity index (χ2n) is 3.72. The summed E-state index contributed by atoms with van der Waals surface area (Å²) in [5.41, 5.74) is 1.41. The van der Waals surface area contributed by atoms with E-state index in [1.165, 1.54) is 17.4 Å². The maximum Gasteiger partial charge on any atom is 0.148 e. The number of aromatic amines is 1. The van der Waals surface area contributed by atoms with Crippen LogP contribution in [0.2, 0.25) is 0 Å². The molecule has 0 radical (unpaired) electrons. The van der Waals surface area contributed by atoms with Crippen molar-refractivity contribution < 1.29 is 9.13 Å². The highest BCUT2D eigenvalue weighted by atomic mass is 79.9. The Morgan fingerprint density at radius 3 is 2.94 bits per heavy atom. The van der Waals surface area contributed by atoms with Crippen LogP contribution in [0.3, 0.4) is 0 Å². The molecule has 0 aliphatic rings. The monoisotopic (exact) mass is 326 g/mol. The normalized spacial score (nSPS) is 11.1. The van der Waals surface area contributed by atoms with E-state index in [2.05, 4.69) is 25.9 Å². The van der Waals surface area contributed by atoms with E-state index in [4.69, 9.17) is 4.74 Å². The number of ether oxygens (including phenoxy) is 1. The maximum absolute atomic E-state index is 13.4. The molecule has 0 fully saturated rings. The molecule has 0 atom stereocenters. The van der Waals surface area contributed by atoms with Gasteiger partial charge in [0.05, 0.1) is 27.5 Å². The Labute approximate surface area is 115 Å². The molecule has 0 aliphatic heterocycles. The molecule has 0 saturated carbocycles. The lowest BCUT2D eigenvalue weighted by Gasteiger charge is -1.92. The lowest BCUT2D eigenvalue weighted by Crippen LogP contribution is -1.77. The lowest BCUT2D eigenvalue weighted by atomic mass is 10.3. The van der Waals surface area contributed by atoms with Crippen molar-refractivity contribution in [3.8, 4) is 16.5 Å². The molecule has 2 aromatic heterocycles. The molecular weight excluding hydrogens is 319 g/mol. The molecule has 18 heavy (non-hydrogen) atoms. The Morgan fingerprint density at radius 2 is 2.22 bits per heavy atom. The zero-order chi connectivity index (χ0) is 12.7. The van der Waals surface area contributed by atoms with Gasteiger partial charge in [0.25, 0.3) is 0 Å². The Bertz CT molecular complexity index is 683. The third-order valence-electron chi connectivity index (χ3n) is 2.57. The predicted molar refractivity (Wildman–Crippen MR) is 73.6 cm³/mol. The number of hydrogen-bond donors (Lipinski definition) is 1. The summed E-state index contributed by atoms with van der Waals surface area (Å²) >= 11 is 4.68. The summed E-state index contributed by atoms with van der Waals surface area (Å²) in [6, 6.07) is 4.99. The van der Waals surface area contributed by atoms with Gasteiger partial charge in [0.2, 0.25) is 0 Å². The van der Waals surface area contributed by atoms with Crippen LogP contribution >= 0.6 is 27.3 Å². The third-order valence-corrected chi connectivity index (χ3v) is 4.09. The van der Waals surface area contributed by atoms with Crippen molar-refractivity contribution in [2.75, 3.05) is 7.11 Å². The minimum Gasteiger partial charge on any atom is -0.496 e. The fourth-order valence-electron chi connectivity index (χ4n) is 1.67. The van der Waals surface area contributed by atoms with Gasteiger partial charge in [-0.15, -0.1) is 11.3 Å². The van der Waals surface area contributed by atoms with Gasteiger partial charge < -0.3 is 9.72 Å². The average molecular weight is 327 g/mol. The van der Waals surface area contributed by atoms with E-state index in [9.17, 15) is 4.39 Å². The smallest absolute Gasteiger partial charge is 0.148 e. The van der Waals surface area contributed by atoms with Crippen molar-refractivity contribution in [2.45, 2.75) is 0 Å². The van der Waals surface area contributed by atoms with Crippen LogP contribution in [0.5, 0.6) is 5.75 Å². The first kappa shape index (κ1) is 11.7. The van der Waals surface area contributed by atoms with Gasteiger partial charge in [0.15, 0.2) is 0 Å². The van der Waals surface area contributed by atoms with Gasteiger partial charge in [-0.1, -0.05) is 0 Å². The summed E-state index contributed by atoms with van der Waals surface area (Å²) in [6.07, 6.45) is 0. The number of aromatic nitrogens is 2. The fraction of sp³-hybridized carbons (Fsp3) is 0.0833. The average Bonchev–Trinajstić information content (AvgIpc) is 2.95. The summed E-state index contributed by atoms with van der Waals surface area (Å²) < 4.78 is 19.0. The zero-order valence-corrected chi connectivity index (χ0v) is 11.7. The molecule has 0 aliphatic carbocycles. The number of hydrogen-bond acceptors (Lipinski definition) is 3. The number of halogens is 2. The summed E-state index contributed by atoms with van der Waals surface area (Å²) in [4.78, 5) is 8.49. The molecule has 92 valence electrons. The Hall–Kier alpha value is -1.40. The van der Waals surface area contributed by atoms with Gasteiger partial charge in [-0.05, 0) is 22.0 Å². The number of rotatable bonds is 2. The van der Waals surface area contributed by atoms with Crippen molar-refractivity contribution in [1.82, 2.24) is 9.97 Å². The molecular formula is C12H8BrFN2OS. The second kappa shape index (κ2) is 4.37. The molecule has 3 aromatic rings. The van der Waals surface area contributed by atoms with Gasteiger partial charge in [0.1, 0.15) is 17.4 Å². The number of nitrogens with one attached hydrogen (secondary N) is 1. The first-order valence-corrected chi connectivity index (χ1v) is 6.82. The van der Waals surface area contributed by atoms with Crippen LogP contribution in [0.4, 0.5) is 4.39 Å². The summed E-state index contributed by atoms with van der Waals surface area (Å²) in [7, 11) is 1.62. The number of methoxy groups -OCH3 is 1. The van der Waals surface area contributed by atoms with Crippen molar-refractivity contribution in [2.24, 2.45) is 0 Å². The Morgan fingerprint density at radius 1 is 1.39 bits per heavy atom. The van der Waals surface area contributed by atoms with Crippen LogP contribution in [-0.4, -0.2) is 17.1 Å². The van der Waals surface area contributed by atoms with Crippen molar-refractivity contribution in [1.29, 1.82) is 0 Å². The largest absolute Gasteiger partial charge is 0.496 e. The number of H-pyrrole nitrogens is 1. The highest BCUT2D eigenvalue weighted by Crippen LogP contribution is 2.31. The van der Waals surface area contributed by atoms with Crippen LogP contribution in [-0.2, 0) is 0 Å². The second-order valence-corrected chi connectivity index (χ2v) is 5.49. The quantitative estimate of drug-likeness (QED) is 0.766. The van der Waals surface area contributed by atoms with Crippen LogP contribution in [0.1, 0.15) is 0 Å². The number of fused-ring (bicyclic) bond motifs is 1. The molecule has 0 bridgehead atoms. The van der Waals surface area contributed by atoms with Crippen LogP contribution in [0, 0.1) is 5.82 Å². The Balaban J connectivity index is 2.13. The van der Waals surface area contributed by atoms with Crippen molar-refractivity contribution in [3.63, 3.8) is 0 Å². The van der Waals surface area contributed by atoms with E-state index < -0.39 is 0 Å². The van der Waals surface area contributed by atoms with Gasteiger partial charge >= 0.3 is 0 Å². The molecule has 3 nitrogen and oxygen atoms in total. The molecule has 0 unspecified atom stereocenters. The SMILES string of the molecule is COc1csc(-c2nc3cc(Br)c(F)cc3[nH]2)c1. The minimum absolute atomic E-state index is 0.304. The van der Waals surface area contributed by atoms with Crippen molar-refractivity contribution in [3.05, 3.63) is 33.9 Å². The van der Waals surface area contributed by atoms with Gasteiger partial charge in [-0.2, -0.15) is 0 Å². The number of nitrogens with zero attached hydrogens (tertiary/aromatic N) is 1. The molecule has 1 aromatic carbocycles. The standard InChI is InChI=1S/C12H8BrFN2OS/c1-17-6-2-11(18-5-6)12-15-9-3-7(13)8(14)4-10(9)16-12/h2-5H,1H3,(H,15,16). The number of benzene rings is 1. The zero-order valence-electron chi connectivity index (χ0n) is 9.33. The van der Waals surface area contributed by atoms with E-state index in [0.717, 1.165) is 22.0 Å². The molecule has 6 heteroatoms. The molecule has 0 amide bonds. The maximum atomic E-state index is 13.4. The molecule has 3 rings (SSSR count). The molecule has 0 spiro atoms. The summed E-state index contributed by atoms with van der Waals surface area (Å²) in [6.45, 7) is 0. The van der Waals surface area contributed by atoms with E-state index >= 15 is 0 Å². The highest BCUT2D eigenvalue weighted by Gasteiger charge is 2.10. The number of thiophene rings is 1. The van der Waals surface area contributed by atoms with Gasteiger partial charge in [-0.3, -0.25) is 0 Å². The molecule has 0 saturated heterocycles. The van der Waals surface area contributed by atoms with E-state index in [1.54, 1.807) is 13.2 Å².